The van der Waals surface area contributed by atoms with Crippen LogP contribution in [0.4, 0.5) is 0 Å². The van der Waals surface area contributed by atoms with Crippen molar-refractivity contribution in [3.05, 3.63) is 65.7 Å². The summed E-state index contributed by atoms with van der Waals surface area (Å²) in [5, 5.41) is 0.304. The van der Waals surface area contributed by atoms with Crippen molar-refractivity contribution in [3.8, 4) is 0 Å². The number of amidine groups is 1. The van der Waals surface area contributed by atoms with Crippen LogP contribution in [0.1, 0.15) is 24.1 Å². The number of aliphatic imine (C=N–C) groups is 2. The molecule has 0 amide bonds. The van der Waals surface area contributed by atoms with Gasteiger partial charge in [0, 0.05) is 4.90 Å². The van der Waals surface area contributed by atoms with Crippen LogP contribution in [0.15, 0.2) is 69.5 Å². The van der Waals surface area contributed by atoms with Gasteiger partial charge in [0.1, 0.15) is 5.84 Å². The number of hydrogen-bond donors (Lipinski definition) is 0. The molecule has 0 saturated carbocycles. The minimum absolute atomic E-state index is 0.212. The lowest BCUT2D eigenvalue weighted by molar-refractivity contribution is 0.771. The molecule has 0 radical (unpaired) electrons. The van der Waals surface area contributed by atoms with Gasteiger partial charge < -0.3 is 0 Å². The van der Waals surface area contributed by atoms with Crippen LogP contribution in [-0.4, -0.2) is 16.8 Å². The summed E-state index contributed by atoms with van der Waals surface area (Å²) in [6, 6.07) is 19.2. The number of benzene rings is 2. The van der Waals surface area contributed by atoms with Crippen molar-refractivity contribution in [1.29, 1.82) is 0 Å². The molecule has 98 valence electrons. The van der Waals surface area contributed by atoms with E-state index in [2.05, 4.69) is 48.5 Å². The molecule has 0 aliphatic carbocycles. The van der Waals surface area contributed by atoms with Gasteiger partial charge in [-0.3, -0.25) is 4.99 Å². The van der Waals surface area contributed by atoms with Crippen LogP contribution in [0, 0.1) is 0 Å². The predicted octanol–water partition coefficient (Wildman–Crippen LogP) is 4.12. The number of thioether (sulfide) groups is 1. The van der Waals surface area contributed by atoms with Gasteiger partial charge in [-0.1, -0.05) is 48.5 Å². The topological polar surface area (TPSA) is 24.7 Å². The van der Waals surface area contributed by atoms with Crippen molar-refractivity contribution < 1.29 is 0 Å². The third kappa shape index (κ3) is 1.81. The first-order valence-corrected chi connectivity index (χ1v) is 7.65. The van der Waals surface area contributed by atoms with Gasteiger partial charge in [-0.25, -0.2) is 4.99 Å². The molecule has 2 aromatic carbocycles. The maximum absolute atomic E-state index is 4.77. The fraction of sp³-hybridized carbons (Fsp3) is 0.176. The van der Waals surface area contributed by atoms with Gasteiger partial charge in [0.25, 0.3) is 0 Å². The maximum Gasteiger partial charge on any atom is 0.121 e. The third-order valence-corrected chi connectivity index (χ3v) is 5.09. The lowest BCUT2D eigenvalue weighted by atomic mass is 9.96. The quantitative estimate of drug-likeness (QED) is 0.770. The summed E-state index contributed by atoms with van der Waals surface area (Å²) in [4.78, 5) is 10.8. The van der Waals surface area contributed by atoms with E-state index in [1.807, 2.05) is 24.8 Å². The second-order valence-electron chi connectivity index (χ2n) is 5.06. The molecular weight excluding hydrogens is 264 g/mol. The van der Waals surface area contributed by atoms with E-state index in [9.17, 15) is 0 Å². The Morgan fingerprint density at radius 1 is 0.950 bits per heavy atom. The van der Waals surface area contributed by atoms with E-state index >= 15 is 0 Å². The normalized spacial score (nSPS) is 23.6. The fourth-order valence-electron chi connectivity index (χ4n) is 2.84. The number of fused-ring (bicyclic) bond motifs is 3. The van der Waals surface area contributed by atoms with Crippen molar-refractivity contribution in [1.82, 2.24) is 0 Å². The predicted molar refractivity (Wildman–Crippen MR) is 84.9 cm³/mol. The Hall–Kier alpha value is -1.87. The average Bonchev–Trinajstić information content (AvgIpc) is 2.86. The van der Waals surface area contributed by atoms with E-state index in [1.165, 1.54) is 16.0 Å². The first-order valence-electron chi connectivity index (χ1n) is 6.77. The second-order valence-corrected chi connectivity index (χ2v) is 6.24. The fourth-order valence-corrected chi connectivity index (χ4v) is 4.24. The summed E-state index contributed by atoms with van der Waals surface area (Å²) < 4.78 is 0. The van der Waals surface area contributed by atoms with Crippen molar-refractivity contribution >= 4 is 23.3 Å². The summed E-state index contributed by atoms with van der Waals surface area (Å²) in [6.45, 7) is 1.99. The zero-order chi connectivity index (χ0) is 13.5. The Kier molecular flexibility index (Phi) is 2.74. The maximum atomic E-state index is 4.77. The Morgan fingerprint density at radius 3 is 2.55 bits per heavy atom. The highest BCUT2D eigenvalue weighted by atomic mass is 32.2. The van der Waals surface area contributed by atoms with Crippen molar-refractivity contribution in [2.24, 2.45) is 9.98 Å². The molecule has 0 aromatic heterocycles. The molecule has 2 aliphatic rings. The second kappa shape index (κ2) is 4.60. The van der Waals surface area contributed by atoms with Crippen molar-refractivity contribution in [2.45, 2.75) is 23.1 Å². The summed E-state index contributed by atoms with van der Waals surface area (Å²) in [6.07, 6.45) is 0. The molecule has 2 nitrogen and oxygen atoms in total. The molecule has 4 rings (SSSR count). The molecule has 0 saturated heterocycles. The smallest absolute Gasteiger partial charge is 0.121 e. The first-order chi connectivity index (χ1) is 9.83. The van der Waals surface area contributed by atoms with Crippen molar-refractivity contribution in [2.75, 3.05) is 0 Å². The third-order valence-electron chi connectivity index (χ3n) is 3.73. The number of rotatable bonds is 1. The summed E-state index contributed by atoms with van der Waals surface area (Å²) in [7, 11) is 0. The van der Waals surface area contributed by atoms with Crippen LogP contribution < -0.4 is 0 Å². The summed E-state index contributed by atoms with van der Waals surface area (Å²) in [5.74, 6) is 0.877. The van der Waals surface area contributed by atoms with E-state index in [-0.39, 0.29) is 6.04 Å². The zero-order valence-corrected chi connectivity index (χ0v) is 12.0. The number of nitrogens with zero attached hydrogens (tertiary/aromatic N) is 2. The standard InChI is InChI=1S/C17H14N2S/c1-11-18-15(12-7-3-2-4-8-12)17-16(19-11)13-9-5-6-10-14(13)20-17/h2-10,16-17H,1H3. The molecule has 3 heteroatoms. The summed E-state index contributed by atoms with van der Waals surface area (Å²) >= 11 is 1.89. The Bertz CT molecular complexity index is 719. The minimum Gasteiger partial charge on any atom is -0.261 e. The Labute approximate surface area is 122 Å². The Morgan fingerprint density at radius 2 is 1.70 bits per heavy atom. The molecule has 0 fully saturated rings. The van der Waals surface area contributed by atoms with E-state index in [4.69, 9.17) is 9.98 Å². The van der Waals surface area contributed by atoms with Crippen LogP contribution in [0.3, 0.4) is 0 Å². The lowest BCUT2D eigenvalue weighted by Gasteiger charge is -2.23. The van der Waals surface area contributed by atoms with Crippen LogP contribution in [-0.2, 0) is 0 Å². The molecular formula is C17H14N2S. The molecule has 2 atom stereocenters. The van der Waals surface area contributed by atoms with Gasteiger partial charge >= 0.3 is 0 Å². The molecule has 0 N–H and O–H groups in total. The molecule has 0 spiro atoms. The van der Waals surface area contributed by atoms with E-state index in [0.717, 1.165) is 11.5 Å². The highest BCUT2D eigenvalue weighted by Crippen LogP contribution is 2.48. The van der Waals surface area contributed by atoms with Crippen LogP contribution in [0.2, 0.25) is 0 Å². The van der Waals surface area contributed by atoms with Gasteiger partial charge in [0.2, 0.25) is 0 Å². The van der Waals surface area contributed by atoms with E-state index in [0.29, 0.717) is 5.25 Å². The van der Waals surface area contributed by atoms with E-state index < -0.39 is 0 Å². The van der Waals surface area contributed by atoms with Gasteiger partial charge in [-0.2, -0.15) is 0 Å². The molecule has 2 aromatic rings. The van der Waals surface area contributed by atoms with Crippen LogP contribution >= 0.6 is 11.8 Å². The minimum atomic E-state index is 0.212. The molecule has 2 aliphatic heterocycles. The van der Waals surface area contributed by atoms with Gasteiger partial charge in [0.05, 0.1) is 17.0 Å². The highest BCUT2D eigenvalue weighted by molar-refractivity contribution is 8.01. The molecule has 0 bridgehead atoms. The SMILES string of the molecule is CC1=NC2c3ccccc3SC2C(c2ccccc2)=N1. The number of hydrogen-bond acceptors (Lipinski definition) is 3. The van der Waals surface area contributed by atoms with Gasteiger partial charge in [-0.15, -0.1) is 11.8 Å². The van der Waals surface area contributed by atoms with E-state index in [1.54, 1.807) is 0 Å². The van der Waals surface area contributed by atoms with Crippen LogP contribution in [0.5, 0.6) is 0 Å². The molecule has 2 unspecified atom stereocenters. The Balaban J connectivity index is 1.83. The monoisotopic (exact) mass is 278 g/mol. The highest BCUT2D eigenvalue weighted by Gasteiger charge is 2.38. The zero-order valence-electron chi connectivity index (χ0n) is 11.2. The molecule has 20 heavy (non-hydrogen) atoms. The van der Waals surface area contributed by atoms with Crippen LogP contribution in [0.25, 0.3) is 0 Å². The largest absolute Gasteiger partial charge is 0.261 e. The van der Waals surface area contributed by atoms with Gasteiger partial charge in [-0.05, 0) is 24.1 Å². The average molecular weight is 278 g/mol. The van der Waals surface area contributed by atoms with Gasteiger partial charge in [0.15, 0.2) is 0 Å². The van der Waals surface area contributed by atoms with Crippen molar-refractivity contribution in [3.63, 3.8) is 0 Å². The lowest BCUT2D eigenvalue weighted by Crippen LogP contribution is -2.26. The first kappa shape index (κ1) is 11.9. The molecule has 2 heterocycles. The summed E-state index contributed by atoms with van der Waals surface area (Å²) in [5.41, 5.74) is 3.70.